The van der Waals surface area contributed by atoms with Crippen molar-refractivity contribution in [1.29, 1.82) is 0 Å². The zero-order valence-corrected chi connectivity index (χ0v) is 14.2. The second-order valence-electron chi connectivity index (χ2n) is 6.07. The lowest BCUT2D eigenvalue weighted by molar-refractivity contribution is 0.0953. The van der Waals surface area contributed by atoms with Crippen LogP contribution in [-0.4, -0.2) is 27.2 Å². The number of hydrogen-bond acceptors (Lipinski definition) is 3. The summed E-state index contributed by atoms with van der Waals surface area (Å²) in [6.45, 7) is 2.71. The van der Waals surface area contributed by atoms with E-state index in [-0.39, 0.29) is 5.91 Å². The molecule has 0 radical (unpaired) electrons. The Morgan fingerprint density at radius 1 is 1.33 bits per heavy atom. The summed E-state index contributed by atoms with van der Waals surface area (Å²) in [6.07, 6.45) is 12.3. The highest BCUT2D eigenvalue weighted by Crippen LogP contribution is 2.19. The van der Waals surface area contributed by atoms with Gasteiger partial charge in [-0.3, -0.25) is 4.79 Å². The molecule has 5 nitrogen and oxygen atoms in total. The fourth-order valence-electron chi connectivity index (χ4n) is 3.14. The molecule has 0 fully saturated rings. The van der Waals surface area contributed by atoms with Crippen molar-refractivity contribution in [3.8, 4) is 5.82 Å². The smallest absolute Gasteiger partial charge is 0.254 e. The van der Waals surface area contributed by atoms with E-state index in [2.05, 4.69) is 21.5 Å². The first kappa shape index (κ1) is 16.4. The summed E-state index contributed by atoms with van der Waals surface area (Å²) in [6, 6.07) is 5.68. The number of nitrogens with one attached hydrogen (secondary N) is 1. The maximum atomic E-state index is 12.5. The van der Waals surface area contributed by atoms with E-state index in [1.807, 2.05) is 25.1 Å². The third-order valence-corrected chi connectivity index (χ3v) is 4.43. The number of carbonyl (C=O) groups is 1. The van der Waals surface area contributed by atoms with E-state index < -0.39 is 0 Å². The summed E-state index contributed by atoms with van der Waals surface area (Å²) >= 11 is 0. The minimum atomic E-state index is -0.0505. The van der Waals surface area contributed by atoms with Crippen LogP contribution in [0, 0.1) is 0 Å². The number of aromatic nitrogens is 3. The van der Waals surface area contributed by atoms with Gasteiger partial charge >= 0.3 is 0 Å². The van der Waals surface area contributed by atoms with Crippen LogP contribution < -0.4 is 5.32 Å². The first-order valence-electron chi connectivity index (χ1n) is 8.74. The fraction of sp³-hybridized carbons (Fsp3) is 0.421. The minimum absolute atomic E-state index is 0.0505. The predicted molar refractivity (Wildman–Crippen MR) is 94.2 cm³/mol. The third-order valence-electron chi connectivity index (χ3n) is 4.43. The Hall–Kier alpha value is -2.43. The summed E-state index contributed by atoms with van der Waals surface area (Å²) < 4.78 is 1.75. The summed E-state index contributed by atoms with van der Waals surface area (Å²) in [5, 5.41) is 7.39. The summed E-state index contributed by atoms with van der Waals surface area (Å²) in [5.74, 6) is 0.686. The number of allylic oxidation sites excluding steroid dienone is 1. The molecule has 0 saturated heterocycles. The van der Waals surface area contributed by atoms with E-state index in [4.69, 9.17) is 0 Å². The monoisotopic (exact) mass is 324 g/mol. The van der Waals surface area contributed by atoms with Crippen molar-refractivity contribution in [2.45, 2.75) is 45.4 Å². The molecule has 3 rings (SSSR count). The molecule has 1 aliphatic rings. The van der Waals surface area contributed by atoms with Crippen LogP contribution in [0.2, 0.25) is 0 Å². The number of carbonyl (C=O) groups excluding carboxylic acids is 1. The van der Waals surface area contributed by atoms with Crippen LogP contribution in [0.3, 0.4) is 0 Å². The maximum Gasteiger partial charge on any atom is 0.254 e. The van der Waals surface area contributed by atoms with Gasteiger partial charge in [0.2, 0.25) is 0 Å². The molecule has 1 aliphatic carbocycles. The van der Waals surface area contributed by atoms with Gasteiger partial charge in [0.25, 0.3) is 5.91 Å². The van der Waals surface area contributed by atoms with E-state index >= 15 is 0 Å². The average Bonchev–Trinajstić information content (AvgIpc) is 3.07. The number of nitrogens with zero attached hydrogens (tertiary/aromatic N) is 3. The fourth-order valence-corrected chi connectivity index (χ4v) is 3.14. The van der Waals surface area contributed by atoms with Gasteiger partial charge in [-0.15, -0.1) is 0 Å². The highest BCUT2D eigenvalue weighted by molar-refractivity contribution is 5.95. The van der Waals surface area contributed by atoms with Gasteiger partial charge in [-0.2, -0.15) is 5.10 Å². The van der Waals surface area contributed by atoms with Crippen molar-refractivity contribution in [1.82, 2.24) is 20.1 Å². The summed E-state index contributed by atoms with van der Waals surface area (Å²) in [7, 11) is 0. The molecule has 5 heteroatoms. The van der Waals surface area contributed by atoms with Crippen molar-refractivity contribution in [2.75, 3.05) is 6.54 Å². The molecular weight excluding hydrogens is 300 g/mol. The van der Waals surface area contributed by atoms with Gasteiger partial charge in [-0.1, -0.05) is 24.6 Å². The number of hydrogen-bond donors (Lipinski definition) is 1. The Bertz CT molecular complexity index is 718. The van der Waals surface area contributed by atoms with Gasteiger partial charge < -0.3 is 5.32 Å². The van der Waals surface area contributed by atoms with Crippen molar-refractivity contribution in [3.05, 3.63) is 53.5 Å². The Morgan fingerprint density at radius 2 is 2.25 bits per heavy atom. The molecule has 0 aromatic carbocycles. The summed E-state index contributed by atoms with van der Waals surface area (Å²) in [4.78, 5) is 16.8. The second-order valence-corrected chi connectivity index (χ2v) is 6.07. The molecule has 2 aromatic rings. The Balaban J connectivity index is 1.66. The Morgan fingerprint density at radius 3 is 2.96 bits per heavy atom. The molecule has 126 valence electrons. The number of amides is 1. The van der Waals surface area contributed by atoms with E-state index in [1.54, 1.807) is 17.1 Å². The normalized spacial score (nSPS) is 14.3. The zero-order valence-electron chi connectivity index (χ0n) is 14.2. The zero-order chi connectivity index (χ0) is 16.8. The number of rotatable bonds is 6. The summed E-state index contributed by atoms with van der Waals surface area (Å²) in [5.41, 5.74) is 3.00. The third kappa shape index (κ3) is 3.72. The Labute approximate surface area is 142 Å². The van der Waals surface area contributed by atoms with Gasteiger partial charge in [0.15, 0.2) is 5.82 Å². The number of pyridine rings is 1. The molecular formula is C19H24N4O. The van der Waals surface area contributed by atoms with Crippen LogP contribution in [0.4, 0.5) is 0 Å². The van der Waals surface area contributed by atoms with Crippen LogP contribution in [0.1, 0.15) is 55.1 Å². The van der Waals surface area contributed by atoms with Gasteiger partial charge in [-0.25, -0.2) is 9.67 Å². The molecule has 0 spiro atoms. The van der Waals surface area contributed by atoms with Gasteiger partial charge in [-0.05, 0) is 50.7 Å². The van der Waals surface area contributed by atoms with Gasteiger partial charge in [0.1, 0.15) is 0 Å². The SMILES string of the molecule is CCc1c(C(=O)NCCC2=CCCCC2)cnn1-c1ccccn1. The van der Waals surface area contributed by atoms with Crippen molar-refractivity contribution < 1.29 is 4.79 Å². The van der Waals surface area contributed by atoms with E-state index in [9.17, 15) is 4.79 Å². The lowest BCUT2D eigenvalue weighted by atomic mass is 9.97. The van der Waals surface area contributed by atoms with Crippen molar-refractivity contribution in [2.24, 2.45) is 0 Å². The quantitative estimate of drug-likeness (QED) is 0.828. The molecule has 0 bridgehead atoms. The van der Waals surface area contributed by atoms with E-state index in [0.717, 1.165) is 24.4 Å². The van der Waals surface area contributed by atoms with Crippen LogP contribution in [0.15, 0.2) is 42.2 Å². The topological polar surface area (TPSA) is 59.8 Å². The molecule has 1 N–H and O–H groups in total. The first-order valence-corrected chi connectivity index (χ1v) is 8.74. The predicted octanol–water partition coefficient (Wildman–Crippen LogP) is 3.45. The second kappa shape index (κ2) is 7.90. The van der Waals surface area contributed by atoms with Crippen LogP contribution >= 0.6 is 0 Å². The standard InChI is InChI=1S/C19H24N4O/c1-2-17-16(14-22-23(17)18-10-6-7-12-20-18)19(24)21-13-11-15-8-4-3-5-9-15/h6-8,10,12,14H,2-5,9,11,13H2,1H3,(H,21,24). The molecule has 2 aromatic heterocycles. The van der Waals surface area contributed by atoms with E-state index in [0.29, 0.717) is 12.1 Å². The van der Waals surface area contributed by atoms with Crippen molar-refractivity contribution in [3.63, 3.8) is 0 Å². The highest BCUT2D eigenvalue weighted by Gasteiger charge is 2.17. The van der Waals surface area contributed by atoms with Gasteiger partial charge in [0.05, 0.1) is 17.5 Å². The molecule has 24 heavy (non-hydrogen) atoms. The minimum Gasteiger partial charge on any atom is -0.352 e. The largest absolute Gasteiger partial charge is 0.352 e. The molecule has 0 aliphatic heterocycles. The molecule has 2 heterocycles. The molecule has 1 amide bonds. The average molecular weight is 324 g/mol. The van der Waals surface area contributed by atoms with Crippen LogP contribution in [0.25, 0.3) is 5.82 Å². The highest BCUT2D eigenvalue weighted by atomic mass is 16.1. The lowest BCUT2D eigenvalue weighted by Gasteiger charge is -2.13. The molecule has 0 saturated carbocycles. The maximum absolute atomic E-state index is 12.5. The Kier molecular flexibility index (Phi) is 5.41. The molecule has 0 unspecified atom stereocenters. The van der Waals surface area contributed by atoms with Gasteiger partial charge in [0, 0.05) is 12.7 Å². The molecule has 0 atom stereocenters. The lowest BCUT2D eigenvalue weighted by Crippen LogP contribution is -2.25. The van der Waals surface area contributed by atoms with E-state index in [1.165, 1.54) is 31.3 Å². The van der Waals surface area contributed by atoms with Crippen LogP contribution in [-0.2, 0) is 6.42 Å². The first-order chi connectivity index (χ1) is 11.8. The van der Waals surface area contributed by atoms with Crippen LogP contribution in [0.5, 0.6) is 0 Å². The van der Waals surface area contributed by atoms with Crippen molar-refractivity contribution >= 4 is 5.91 Å².